The SMILES string of the molecule is CCC(NCc1cncn1CC)c1ccc(Cl)cc1. The molecule has 1 atom stereocenters. The van der Waals surface area contributed by atoms with Crippen molar-refractivity contribution in [3.8, 4) is 0 Å². The molecule has 0 bridgehead atoms. The highest BCUT2D eigenvalue weighted by atomic mass is 35.5. The van der Waals surface area contributed by atoms with Gasteiger partial charge in [-0.25, -0.2) is 4.98 Å². The van der Waals surface area contributed by atoms with E-state index in [9.17, 15) is 0 Å². The molecule has 2 rings (SSSR count). The lowest BCUT2D eigenvalue weighted by molar-refractivity contribution is 0.504. The minimum atomic E-state index is 0.345. The first-order valence-electron chi connectivity index (χ1n) is 6.72. The van der Waals surface area contributed by atoms with Gasteiger partial charge in [0.2, 0.25) is 0 Å². The van der Waals surface area contributed by atoms with Gasteiger partial charge in [0.1, 0.15) is 0 Å². The number of nitrogens with zero attached hydrogens (tertiary/aromatic N) is 2. The van der Waals surface area contributed by atoms with Crippen LogP contribution in [0.25, 0.3) is 0 Å². The number of hydrogen-bond acceptors (Lipinski definition) is 2. The number of hydrogen-bond donors (Lipinski definition) is 1. The topological polar surface area (TPSA) is 29.9 Å². The van der Waals surface area contributed by atoms with Crippen LogP contribution in [0, 0.1) is 0 Å². The van der Waals surface area contributed by atoms with E-state index in [1.54, 1.807) is 0 Å². The number of aromatic nitrogens is 2. The number of halogens is 1. The maximum Gasteiger partial charge on any atom is 0.0948 e. The van der Waals surface area contributed by atoms with E-state index in [0.717, 1.165) is 24.5 Å². The Morgan fingerprint density at radius 1 is 1.26 bits per heavy atom. The van der Waals surface area contributed by atoms with Gasteiger partial charge < -0.3 is 9.88 Å². The normalized spacial score (nSPS) is 12.6. The molecule has 3 nitrogen and oxygen atoms in total. The Morgan fingerprint density at radius 2 is 2.00 bits per heavy atom. The summed E-state index contributed by atoms with van der Waals surface area (Å²) in [4.78, 5) is 4.19. The van der Waals surface area contributed by atoms with Gasteiger partial charge in [-0.3, -0.25) is 0 Å². The molecular formula is C15H20ClN3. The van der Waals surface area contributed by atoms with Crippen LogP contribution in [0.15, 0.2) is 36.8 Å². The lowest BCUT2D eigenvalue weighted by atomic mass is 10.0. The Hall–Kier alpha value is -1.32. The molecule has 19 heavy (non-hydrogen) atoms. The van der Waals surface area contributed by atoms with Crippen LogP contribution in [-0.2, 0) is 13.1 Å². The maximum absolute atomic E-state index is 5.93. The van der Waals surface area contributed by atoms with Crippen LogP contribution in [0.5, 0.6) is 0 Å². The van der Waals surface area contributed by atoms with Gasteiger partial charge in [0.25, 0.3) is 0 Å². The Balaban J connectivity index is 2.01. The van der Waals surface area contributed by atoms with E-state index in [1.165, 1.54) is 11.3 Å². The summed E-state index contributed by atoms with van der Waals surface area (Å²) in [7, 11) is 0. The fraction of sp³-hybridized carbons (Fsp3) is 0.400. The Morgan fingerprint density at radius 3 is 2.63 bits per heavy atom. The molecule has 0 spiro atoms. The zero-order valence-corrected chi connectivity index (χ0v) is 12.2. The van der Waals surface area contributed by atoms with E-state index in [-0.39, 0.29) is 0 Å². The van der Waals surface area contributed by atoms with Gasteiger partial charge in [-0.05, 0) is 31.0 Å². The molecule has 0 aliphatic carbocycles. The monoisotopic (exact) mass is 277 g/mol. The van der Waals surface area contributed by atoms with E-state index in [0.29, 0.717) is 6.04 Å². The first-order valence-corrected chi connectivity index (χ1v) is 7.10. The lowest BCUT2D eigenvalue weighted by Crippen LogP contribution is -2.21. The third-order valence-corrected chi connectivity index (χ3v) is 3.60. The van der Waals surface area contributed by atoms with Crippen molar-refractivity contribution in [2.75, 3.05) is 0 Å². The fourth-order valence-corrected chi connectivity index (χ4v) is 2.33. The van der Waals surface area contributed by atoms with Gasteiger partial charge >= 0.3 is 0 Å². The second-order valence-corrected chi connectivity index (χ2v) is 5.00. The average Bonchev–Trinajstić information content (AvgIpc) is 2.89. The van der Waals surface area contributed by atoms with Crippen molar-refractivity contribution in [1.29, 1.82) is 0 Å². The van der Waals surface area contributed by atoms with Crippen molar-refractivity contribution in [3.05, 3.63) is 53.1 Å². The maximum atomic E-state index is 5.93. The standard InChI is InChI=1S/C15H20ClN3/c1-3-15(12-5-7-13(16)8-6-12)18-10-14-9-17-11-19(14)4-2/h5-9,11,15,18H,3-4,10H2,1-2H3. The number of nitrogens with one attached hydrogen (secondary N) is 1. The minimum absolute atomic E-state index is 0.345. The molecule has 0 fully saturated rings. The molecule has 1 aromatic heterocycles. The molecule has 0 amide bonds. The molecule has 2 aromatic rings. The summed E-state index contributed by atoms with van der Waals surface area (Å²) in [5.74, 6) is 0. The number of imidazole rings is 1. The highest BCUT2D eigenvalue weighted by Gasteiger charge is 2.09. The first kappa shape index (κ1) is 14.1. The molecule has 1 heterocycles. The van der Waals surface area contributed by atoms with E-state index >= 15 is 0 Å². The summed E-state index contributed by atoms with van der Waals surface area (Å²) in [6.07, 6.45) is 4.84. The predicted octanol–water partition coefficient (Wildman–Crippen LogP) is 3.80. The quantitative estimate of drug-likeness (QED) is 0.870. The highest BCUT2D eigenvalue weighted by Crippen LogP contribution is 2.19. The molecule has 0 aliphatic rings. The van der Waals surface area contributed by atoms with Gasteiger partial charge in [-0.2, -0.15) is 0 Å². The van der Waals surface area contributed by atoms with E-state index in [1.807, 2.05) is 24.7 Å². The average molecular weight is 278 g/mol. The largest absolute Gasteiger partial charge is 0.334 e. The van der Waals surface area contributed by atoms with E-state index in [2.05, 4.69) is 40.8 Å². The Labute approximate surface area is 119 Å². The molecule has 0 saturated heterocycles. The van der Waals surface area contributed by atoms with Crippen LogP contribution in [0.4, 0.5) is 0 Å². The summed E-state index contributed by atoms with van der Waals surface area (Å²) in [6, 6.07) is 8.40. The Bertz CT molecular complexity index is 504. The number of aryl methyl sites for hydroxylation is 1. The zero-order valence-electron chi connectivity index (χ0n) is 11.4. The second kappa shape index (κ2) is 6.73. The van der Waals surface area contributed by atoms with Gasteiger partial charge in [0.05, 0.1) is 12.0 Å². The first-order chi connectivity index (χ1) is 9.24. The van der Waals surface area contributed by atoms with Gasteiger partial charge in [-0.1, -0.05) is 30.7 Å². The predicted molar refractivity (Wildman–Crippen MR) is 79.2 cm³/mol. The summed E-state index contributed by atoms with van der Waals surface area (Å²) in [5, 5.41) is 4.36. The zero-order chi connectivity index (χ0) is 13.7. The van der Waals surface area contributed by atoms with Crippen molar-refractivity contribution in [2.24, 2.45) is 0 Å². The van der Waals surface area contributed by atoms with Crippen LogP contribution in [0.2, 0.25) is 5.02 Å². The molecule has 1 aromatic carbocycles. The van der Waals surface area contributed by atoms with Gasteiger partial charge in [-0.15, -0.1) is 0 Å². The molecular weight excluding hydrogens is 258 g/mol. The molecule has 0 saturated carbocycles. The summed E-state index contributed by atoms with van der Waals surface area (Å²) >= 11 is 5.93. The van der Waals surface area contributed by atoms with Crippen molar-refractivity contribution < 1.29 is 0 Å². The second-order valence-electron chi connectivity index (χ2n) is 4.56. The van der Waals surface area contributed by atoms with Crippen molar-refractivity contribution in [1.82, 2.24) is 14.9 Å². The summed E-state index contributed by atoms with van der Waals surface area (Å²) in [6.45, 7) is 6.09. The smallest absolute Gasteiger partial charge is 0.0948 e. The highest BCUT2D eigenvalue weighted by molar-refractivity contribution is 6.30. The number of benzene rings is 1. The third-order valence-electron chi connectivity index (χ3n) is 3.35. The Kier molecular flexibility index (Phi) is 5.00. The molecule has 102 valence electrons. The number of rotatable bonds is 6. The molecule has 1 unspecified atom stereocenters. The minimum Gasteiger partial charge on any atom is -0.334 e. The molecule has 0 aliphatic heterocycles. The summed E-state index contributed by atoms with van der Waals surface area (Å²) in [5.41, 5.74) is 2.49. The molecule has 0 radical (unpaired) electrons. The van der Waals surface area contributed by atoms with Crippen molar-refractivity contribution in [2.45, 2.75) is 39.4 Å². The van der Waals surface area contributed by atoms with Gasteiger partial charge in [0, 0.05) is 30.4 Å². The van der Waals surface area contributed by atoms with Crippen LogP contribution in [0.3, 0.4) is 0 Å². The van der Waals surface area contributed by atoms with Crippen molar-refractivity contribution in [3.63, 3.8) is 0 Å². The van der Waals surface area contributed by atoms with Crippen molar-refractivity contribution >= 4 is 11.6 Å². The van der Waals surface area contributed by atoms with E-state index < -0.39 is 0 Å². The third kappa shape index (κ3) is 3.58. The van der Waals surface area contributed by atoms with Crippen LogP contribution in [-0.4, -0.2) is 9.55 Å². The summed E-state index contributed by atoms with van der Waals surface area (Å²) < 4.78 is 2.15. The van der Waals surface area contributed by atoms with Crippen LogP contribution >= 0.6 is 11.6 Å². The molecule has 4 heteroatoms. The molecule has 1 N–H and O–H groups in total. The van der Waals surface area contributed by atoms with Crippen LogP contribution < -0.4 is 5.32 Å². The fourth-order valence-electron chi connectivity index (χ4n) is 2.20. The van der Waals surface area contributed by atoms with Gasteiger partial charge in [0.15, 0.2) is 0 Å². The lowest BCUT2D eigenvalue weighted by Gasteiger charge is -2.18. The van der Waals surface area contributed by atoms with Crippen LogP contribution in [0.1, 0.15) is 37.6 Å². The van der Waals surface area contributed by atoms with E-state index in [4.69, 9.17) is 11.6 Å².